The summed E-state index contributed by atoms with van der Waals surface area (Å²) in [7, 11) is 0. The molecule has 0 radical (unpaired) electrons. The molecule has 2 aromatic heterocycles. The molecule has 0 saturated carbocycles. The van der Waals surface area contributed by atoms with Crippen molar-refractivity contribution in [3.8, 4) is 22.4 Å². The number of pyridine rings is 2. The van der Waals surface area contributed by atoms with Gasteiger partial charge in [-0.2, -0.15) is 0 Å². The molecule has 2 heteroatoms. The van der Waals surface area contributed by atoms with Crippen molar-refractivity contribution in [2.75, 3.05) is 0 Å². The van der Waals surface area contributed by atoms with Gasteiger partial charge in [-0.05, 0) is 45.5 Å². The first-order chi connectivity index (χ1) is 12.9. The third kappa shape index (κ3) is 2.27. The van der Waals surface area contributed by atoms with E-state index in [9.17, 15) is 0 Å². The van der Waals surface area contributed by atoms with Gasteiger partial charge < -0.3 is 0 Å². The van der Waals surface area contributed by atoms with Crippen LogP contribution < -0.4 is 0 Å². The van der Waals surface area contributed by atoms with E-state index in [1.165, 1.54) is 27.3 Å². The Morgan fingerprint density at radius 1 is 0.500 bits per heavy atom. The Kier molecular flexibility index (Phi) is 3.46. The van der Waals surface area contributed by atoms with Gasteiger partial charge in [0.05, 0.1) is 5.69 Å². The van der Waals surface area contributed by atoms with Crippen LogP contribution in [-0.4, -0.2) is 9.97 Å². The number of hydrogen-bond donors (Lipinski definition) is 0. The summed E-state index contributed by atoms with van der Waals surface area (Å²) >= 11 is 0. The van der Waals surface area contributed by atoms with Crippen LogP contribution in [0.15, 0.2) is 97.5 Å². The SMILES string of the molecule is c1ccc(-c2c3ccccc3c(-c3ccccn3)c3cnccc23)cc1. The smallest absolute Gasteiger partial charge is 0.0715 e. The zero-order chi connectivity index (χ0) is 17.3. The third-order valence-electron chi connectivity index (χ3n) is 4.81. The van der Waals surface area contributed by atoms with Crippen molar-refractivity contribution in [1.82, 2.24) is 9.97 Å². The molecule has 0 amide bonds. The zero-order valence-electron chi connectivity index (χ0n) is 14.1. The van der Waals surface area contributed by atoms with Crippen LogP contribution in [0.4, 0.5) is 0 Å². The van der Waals surface area contributed by atoms with Crippen LogP contribution >= 0.6 is 0 Å². The first-order valence-electron chi connectivity index (χ1n) is 8.69. The minimum atomic E-state index is 0.973. The second kappa shape index (κ2) is 6.08. The van der Waals surface area contributed by atoms with E-state index in [2.05, 4.69) is 76.7 Å². The number of aromatic nitrogens is 2. The molecular formula is C24H16N2. The van der Waals surface area contributed by atoms with E-state index in [0.717, 1.165) is 16.6 Å². The van der Waals surface area contributed by atoms with E-state index in [1.807, 2.05) is 30.7 Å². The molecule has 0 spiro atoms. The summed E-state index contributed by atoms with van der Waals surface area (Å²) in [5.41, 5.74) is 4.58. The van der Waals surface area contributed by atoms with Crippen molar-refractivity contribution in [3.63, 3.8) is 0 Å². The fourth-order valence-electron chi connectivity index (χ4n) is 3.72. The van der Waals surface area contributed by atoms with Crippen molar-refractivity contribution in [2.45, 2.75) is 0 Å². The highest BCUT2D eigenvalue weighted by Crippen LogP contribution is 2.42. The van der Waals surface area contributed by atoms with Gasteiger partial charge >= 0.3 is 0 Å². The maximum atomic E-state index is 4.62. The number of nitrogens with zero attached hydrogens (tertiary/aromatic N) is 2. The molecule has 122 valence electrons. The molecule has 5 aromatic rings. The van der Waals surface area contributed by atoms with Crippen LogP contribution in [0, 0.1) is 0 Å². The second-order valence-corrected chi connectivity index (χ2v) is 6.30. The van der Waals surface area contributed by atoms with Gasteiger partial charge in [-0.3, -0.25) is 9.97 Å². The predicted molar refractivity (Wildman–Crippen MR) is 108 cm³/mol. The summed E-state index contributed by atoms with van der Waals surface area (Å²) in [6.07, 6.45) is 5.67. The van der Waals surface area contributed by atoms with Gasteiger partial charge in [-0.15, -0.1) is 0 Å². The van der Waals surface area contributed by atoms with E-state index in [4.69, 9.17) is 0 Å². The molecule has 3 aromatic carbocycles. The highest BCUT2D eigenvalue weighted by Gasteiger charge is 2.16. The molecule has 5 rings (SSSR count). The number of benzene rings is 3. The van der Waals surface area contributed by atoms with Crippen LogP contribution in [-0.2, 0) is 0 Å². The molecular weight excluding hydrogens is 316 g/mol. The molecule has 26 heavy (non-hydrogen) atoms. The molecule has 2 heterocycles. The van der Waals surface area contributed by atoms with Crippen LogP contribution in [0.3, 0.4) is 0 Å². The third-order valence-corrected chi connectivity index (χ3v) is 4.81. The summed E-state index contributed by atoms with van der Waals surface area (Å²) in [6.45, 7) is 0. The average molecular weight is 332 g/mol. The monoisotopic (exact) mass is 332 g/mol. The van der Waals surface area contributed by atoms with Gasteiger partial charge in [-0.1, -0.05) is 60.7 Å². The highest BCUT2D eigenvalue weighted by molar-refractivity contribution is 6.20. The van der Waals surface area contributed by atoms with E-state index >= 15 is 0 Å². The first-order valence-corrected chi connectivity index (χ1v) is 8.69. The van der Waals surface area contributed by atoms with Crippen molar-refractivity contribution < 1.29 is 0 Å². The lowest BCUT2D eigenvalue weighted by molar-refractivity contribution is 1.33. The van der Waals surface area contributed by atoms with E-state index in [1.54, 1.807) is 0 Å². The molecule has 0 aliphatic rings. The Morgan fingerprint density at radius 3 is 1.96 bits per heavy atom. The van der Waals surface area contributed by atoms with Crippen molar-refractivity contribution in [1.29, 1.82) is 0 Å². The Bertz CT molecular complexity index is 1060. The minimum absolute atomic E-state index is 0.973. The molecule has 0 unspecified atom stereocenters. The topological polar surface area (TPSA) is 25.8 Å². The van der Waals surface area contributed by atoms with E-state index < -0.39 is 0 Å². The summed E-state index contributed by atoms with van der Waals surface area (Å²) < 4.78 is 0. The zero-order valence-corrected chi connectivity index (χ0v) is 14.1. The Morgan fingerprint density at radius 2 is 1.19 bits per heavy atom. The molecule has 0 bridgehead atoms. The van der Waals surface area contributed by atoms with Gasteiger partial charge in [0.25, 0.3) is 0 Å². The highest BCUT2D eigenvalue weighted by atomic mass is 14.7. The molecule has 0 aliphatic heterocycles. The largest absolute Gasteiger partial charge is 0.264 e. The van der Waals surface area contributed by atoms with Crippen molar-refractivity contribution in [2.24, 2.45) is 0 Å². The van der Waals surface area contributed by atoms with Gasteiger partial charge in [0.15, 0.2) is 0 Å². The Balaban J connectivity index is 2.02. The van der Waals surface area contributed by atoms with Gasteiger partial charge in [0.2, 0.25) is 0 Å². The molecule has 0 saturated heterocycles. The number of hydrogen-bond acceptors (Lipinski definition) is 2. The Hall–Kier alpha value is -3.52. The van der Waals surface area contributed by atoms with Crippen LogP contribution in [0.1, 0.15) is 0 Å². The van der Waals surface area contributed by atoms with Crippen LogP contribution in [0.2, 0.25) is 0 Å². The lowest BCUT2D eigenvalue weighted by Gasteiger charge is -2.16. The lowest BCUT2D eigenvalue weighted by Crippen LogP contribution is -1.92. The predicted octanol–water partition coefficient (Wildman–Crippen LogP) is 6.12. The first kappa shape index (κ1) is 14.8. The molecule has 0 aliphatic carbocycles. The minimum Gasteiger partial charge on any atom is -0.264 e. The normalized spacial score (nSPS) is 11.1. The van der Waals surface area contributed by atoms with Crippen molar-refractivity contribution in [3.05, 3.63) is 97.5 Å². The second-order valence-electron chi connectivity index (χ2n) is 6.30. The van der Waals surface area contributed by atoms with Crippen LogP contribution in [0.5, 0.6) is 0 Å². The molecule has 0 atom stereocenters. The maximum Gasteiger partial charge on any atom is 0.0715 e. The summed E-state index contributed by atoms with van der Waals surface area (Å²) in [5, 5.41) is 4.76. The summed E-state index contributed by atoms with van der Waals surface area (Å²) in [5.74, 6) is 0. The van der Waals surface area contributed by atoms with Gasteiger partial charge in [0, 0.05) is 29.5 Å². The van der Waals surface area contributed by atoms with Gasteiger partial charge in [-0.25, -0.2) is 0 Å². The molecule has 0 fully saturated rings. The maximum absolute atomic E-state index is 4.62. The fraction of sp³-hybridized carbons (Fsp3) is 0. The number of rotatable bonds is 2. The molecule has 2 nitrogen and oxygen atoms in total. The van der Waals surface area contributed by atoms with Gasteiger partial charge in [0.1, 0.15) is 0 Å². The van der Waals surface area contributed by atoms with E-state index in [-0.39, 0.29) is 0 Å². The van der Waals surface area contributed by atoms with Crippen molar-refractivity contribution >= 4 is 21.5 Å². The van der Waals surface area contributed by atoms with Crippen LogP contribution in [0.25, 0.3) is 43.9 Å². The summed E-state index contributed by atoms with van der Waals surface area (Å²) in [4.78, 5) is 9.04. The fourth-order valence-corrected chi connectivity index (χ4v) is 3.72. The Labute approximate surface area is 151 Å². The standard InChI is InChI=1S/C24H16N2/c1-2-8-17(9-3-1)23-18-10-4-5-11-19(18)24(22-12-6-7-14-26-22)21-16-25-15-13-20(21)23/h1-16H. The average Bonchev–Trinajstić information content (AvgIpc) is 2.73. The lowest BCUT2D eigenvalue weighted by atomic mass is 9.88. The van der Waals surface area contributed by atoms with E-state index in [0.29, 0.717) is 0 Å². The quantitative estimate of drug-likeness (QED) is 0.364. The molecule has 0 N–H and O–H groups in total. The number of fused-ring (bicyclic) bond motifs is 2. The summed E-state index contributed by atoms with van der Waals surface area (Å²) in [6, 6.07) is 27.3.